The number of aromatic nitrogens is 2. The van der Waals surface area contributed by atoms with Crippen LogP contribution in [0.3, 0.4) is 0 Å². The third-order valence-electron chi connectivity index (χ3n) is 6.45. The SMILES string of the molecule is CCO[C@@H]1[C@H](C)[C@@H](COP(OCCC#N)N(C(C)C)C(C)C)O[C@H]1n1ccc(NC(=O)c2ccccc2)nc1=O. The molecule has 0 saturated carbocycles. The first-order valence-corrected chi connectivity index (χ1v) is 14.7. The molecule has 0 spiro atoms. The first-order valence-electron chi connectivity index (χ1n) is 13.6. The molecule has 2 aromatic rings. The molecule has 12 heteroatoms. The summed E-state index contributed by atoms with van der Waals surface area (Å²) in [5.74, 6) is -0.306. The van der Waals surface area contributed by atoms with Gasteiger partial charge in [-0.1, -0.05) is 25.1 Å². The lowest BCUT2D eigenvalue weighted by atomic mass is 10.0. The van der Waals surface area contributed by atoms with Crippen LogP contribution in [0.4, 0.5) is 5.82 Å². The fraction of sp³-hybridized carbons (Fsp3) is 0.571. The first kappa shape index (κ1) is 31.8. The molecule has 0 bridgehead atoms. The maximum absolute atomic E-state index is 13.0. The van der Waals surface area contributed by atoms with E-state index in [1.165, 1.54) is 4.57 Å². The molecule has 1 aliphatic rings. The van der Waals surface area contributed by atoms with Crippen LogP contribution in [-0.4, -0.2) is 64.2 Å². The monoisotopic (exact) mass is 573 g/mol. The van der Waals surface area contributed by atoms with Crippen LogP contribution in [0.15, 0.2) is 47.4 Å². The van der Waals surface area contributed by atoms with Crippen LogP contribution in [0.2, 0.25) is 0 Å². The van der Waals surface area contributed by atoms with Crippen molar-refractivity contribution in [2.75, 3.05) is 25.1 Å². The number of hydrogen-bond donors (Lipinski definition) is 1. The van der Waals surface area contributed by atoms with Gasteiger partial charge in [-0.05, 0) is 52.8 Å². The van der Waals surface area contributed by atoms with Gasteiger partial charge >= 0.3 is 5.69 Å². The van der Waals surface area contributed by atoms with Gasteiger partial charge in [-0.25, -0.2) is 9.46 Å². The zero-order chi connectivity index (χ0) is 29.2. The Morgan fingerprint density at radius 2 is 1.90 bits per heavy atom. The number of nitrogens with zero attached hydrogens (tertiary/aromatic N) is 4. The molecule has 1 N–H and O–H groups in total. The maximum Gasteiger partial charge on any atom is 0.351 e. The number of ether oxygens (including phenoxy) is 2. The smallest absolute Gasteiger partial charge is 0.351 e. The average Bonchev–Trinajstić information content (AvgIpc) is 3.22. The molecule has 1 fully saturated rings. The molecule has 40 heavy (non-hydrogen) atoms. The maximum atomic E-state index is 13.0. The van der Waals surface area contributed by atoms with E-state index in [1.54, 1.807) is 36.5 Å². The van der Waals surface area contributed by atoms with Crippen molar-refractivity contribution in [3.05, 3.63) is 58.6 Å². The standard InChI is InChI=1S/C28H40N5O6P/c1-7-36-25-21(6)23(18-38-40(37-17-11-15-29)33(19(2)3)20(4)5)39-27(25)32-16-14-24(31-28(32)35)30-26(34)22-12-9-8-10-13-22/h8-10,12-14,16,19-21,23,25,27H,7,11,17-18H2,1-6H3,(H,30,31,34,35)/t21-,23-,25-,27-,40?/m1/s1. The molecule has 1 saturated heterocycles. The van der Waals surface area contributed by atoms with Crippen LogP contribution < -0.4 is 11.0 Å². The summed E-state index contributed by atoms with van der Waals surface area (Å²) in [6.45, 7) is 13.1. The van der Waals surface area contributed by atoms with E-state index in [-0.39, 0.29) is 55.5 Å². The van der Waals surface area contributed by atoms with E-state index in [9.17, 15) is 9.59 Å². The van der Waals surface area contributed by atoms with Crippen molar-refractivity contribution in [1.82, 2.24) is 14.2 Å². The minimum atomic E-state index is -1.44. The zero-order valence-corrected chi connectivity index (χ0v) is 24.9. The number of carbonyl (C=O) groups is 1. The molecule has 0 aliphatic carbocycles. The summed E-state index contributed by atoms with van der Waals surface area (Å²) in [5.41, 5.74) is -0.104. The van der Waals surface area contributed by atoms with Crippen molar-refractivity contribution in [3.8, 4) is 6.07 Å². The number of nitrogens with one attached hydrogen (secondary N) is 1. The van der Waals surface area contributed by atoms with Gasteiger partial charge in [0.05, 0.1) is 31.8 Å². The van der Waals surface area contributed by atoms with E-state index < -0.39 is 26.5 Å². The highest BCUT2D eigenvalue weighted by atomic mass is 31.2. The predicted octanol–water partition coefficient (Wildman–Crippen LogP) is 4.73. The van der Waals surface area contributed by atoms with Crippen molar-refractivity contribution in [3.63, 3.8) is 0 Å². The Labute approximate surface area is 237 Å². The van der Waals surface area contributed by atoms with Gasteiger partial charge in [-0.2, -0.15) is 10.2 Å². The molecule has 5 atom stereocenters. The van der Waals surface area contributed by atoms with Gasteiger partial charge in [-0.3, -0.25) is 9.36 Å². The topological polar surface area (TPSA) is 128 Å². The quantitative estimate of drug-likeness (QED) is 0.252. The lowest BCUT2D eigenvalue weighted by Gasteiger charge is -2.36. The number of hydrogen-bond acceptors (Lipinski definition) is 9. The molecule has 1 aromatic carbocycles. The predicted molar refractivity (Wildman–Crippen MR) is 153 cm³/mol. The Balaban J connectivity index is 1.75. The summed E-state index contributed by atoms with van der Waals surface area (Å²) < 4.78 is 28.2. The normalized spacial score (nSPS) is 21.6. The summed E-state index contributed by atoms with van der Waals surface area (Å²) >= 11 is 0. The van der Waals surface area contributed by atoms with E-state index in [0.717, 1.165) is 0 Å². The Hall–Kier alpha value is -2.71. The van der Waals surface area contributed by atoms with Crippen LogP contribution >= 0.6 is 8.53 Å². The molecular formula is C28H40N5O6P. The number of rotatable bonds is 14. The van der Waals surface area contributed by atoms with Crippen molar-refractivity contribution >= 4 is 20.3 Å². The third kappa shape index (κ3) is 8.16. The van der Waals surface area contributed by atoms with E-state index in [2.05, 4.69) is 48.7 Å². The second-order valence-electron chi connectivity index (χ2n) is 10.0. The van der Waals surface area contributed by atoms with Crippen molar-refractivity contribution in [2.45, 2.75) is 78.5 Å². The number of benzene rings is 1. The van der Waals surface area contributed by atoms with Crippen molar-refractivity contribution in [2.24, 2.45) is 5.92 Å². The largest absolute Gasteiger partial charge is 0.373 e. The van der Waals surface area contributed by atoms with Gasteiger partial charge in [0.25, 0.3) is 14.4 Å². The zero-order valence-electron chi connectivity index (χ0n) is 24.0. The van der Waals surface area contributed by atoms with E-state index >= 15 is 0 Å². The van der Waals surface area contributed by atoms with E-state index in [0.29, 0.717) is 12.2 Å². The fourth-order valence-corrected chi connectivity index (χ4v) is 6.22. The minimum Gasteiger partial charge on any atom is -0.373 e. The molecule has 1 amide bonds. The van der Waals surface area contributed by atoms with Crippen LogP contribution in [-0.2, 0) is 18.5 Å². The molecular weight excluding hydrogens is 533 g/mol. The third-order valence-corrected chi connectivity index (χ3v) is 8.53. The second kappa shape index (κ2) is 15.3. The van der Waals surface area contributed by atoms with E-state index in [4.69, 9.17) is 23.8 Å². The average molecular weight is 574 g/mol. The van der Waals surface area contributed by atoms with Gasteiger partial charge in [0.15, 0.2) is 6.23 Å². The van der Waals surface area contributed by atoms with Gasteiger partial charge in [0.2, 0.25) is 0 Å². The molecule has 0 radical (unpaired) electrons. The highest BCUT2D eigenvalue weighted by Gasteiger charge is 2.45. The Kier molecular flexibility index (Phi) is 12.2. The van der Waals surface area contributed by atoms with Crippen LogP contribution in [0, 0.1) is 17.2 Å². The van der Waals surface area contributed by atoms with E-state index in [1.807, 2.05) is 19.9 Å². The fourth-order valence-electron chi connectivity index (χ4n) is 4.60. The molecule has 1 aliphatic heterocycles. The molecule has 218 valence electrons. The number of carbonyl (C=O) groups excluding carboxylic acids is 1. The molecule has 11 nitrogen and oxygen atoms in total. The summed E-state index contributed by atoms with van der Waals surface area (Å²) in [6.07, 6.45) is 0.310. The summed E-state index contributed by atoms with van der Waals surface area (Å²) in [5, 5.41) is 11.6. The Morgan fingerprint density at radius 1 is 1.20 bits per heavy atom. The van der Waals surface area contributed by atoms with Crippen molar-refractivity contribution in [1.29, 1.82) is 5.26 Å². The molecule has 1 aromatic heterocycles. The van der Waals surface area contributed by atoms with Gasteiger partial charge in [0, 0.05) is 36.4 Å². The lowest BCUT2D eigenvalue weighted by Crippen LogP contribution is -2.35. The molecule has 2 heterocycles. The van der Waals surface area contributed by atoms with Crippen LogP contribution in [0.25, 0.3) is 0 Å². The Morgan fingerprint density at radius 3 is 2.50 bits per heavy atom. The van der Waals surface area contributed by atoms with Crippen molar-refractivity contribution < 1.29 is 23.3 Å². The van der Waals surface area contributed by atoms with Gasteiger partial charge < -0.3 is 23.8 Å². The summed E-state index contributed by atoms with van der Waals surface area (Å²) in [7, 11) is -1.44. The summed E-state index contributed by atoms with van der Waals surface area (Å²) in [6, 6.07) is 12.7. The summed E-state index contributed by atoms with van der Waals surface area (Å²) in [4.78, 5) is 29.6. The number of nitriles is 1. The Bertz CT molecular complexity index is 1180. The highest BCUT2D eigenvalue weighted by molar-refractivity contribution is 7.44. The highest BCUT2D eigenvalue weighted by Crippen LogP contribution is 2.47. The lowest BCUT2D eigenvalue weighted by molar-refractivity contribution is -0.0697. The minimum absolute atomic E-state index is 0.100. The number of anilines is 1. The van der Waals surface area contributed by atoms with Crippen LogP contribution in [0.5, 0.6) is 0 Å². The second-order valence-corrected chi connectivity index (χ2v) is 11.5. The van der Waals surface area contributed by atoms with Crippen LogP contribution in [0.1, 0.15) is 64.5 Å². The molecule has 1 unspecified atom stereocenters. The number of amides is 1. The first-order chi connectivity index (χ1) is 19.2. The van der Waals surface area contributed by atoms with Gasteiger partial charge in [0.1, 0.15) is 11.9 Å². The molecule has 3 rings (SSSR count). The van der Waals surface area contributed by atoms with Gasteiger partial charge in [-0.15, -0.1) is 0 Å².